The second-order valence-electron chi connectivity index (χ2n) is 9.32. The highest BCUT2D eigenvalue weighted by Crippen LogP contribution is 2.26. The largest absolute Gasteiger partial charge is 0.383 e. The predicted molar refractivity (Wildman–Crippen MR) is 145 cm³/mol. The van der Waals surface area contributed by atoms with Gasteiger partial charge < -0.3 is 19.9 Å². The van der Waals surface area contributed by atoms with Crippen LogP contribution in [0.1, 0.15) is 48.7 Å². The SMILES string of the molecule is COCCNC(=O)c1cc2cc(NC(=O)c3ccc(C)c(C)c3)ccc2n1Cc1cc(C)ccc1C. The summed E-state index contributed by atoms with van der Waals surface area (Å²) in [6.45, 7) is 9.61. The van der Waals surface area contributed by atoms with E-state index >= 15 is 0 Å². The van der Waals surface area contributed by atoms with Gasteiger partial charge in [0.2, 0.25) is 0 Å². The van der Waals surface area contributed by atoms with Gasteiger partial charge in [-0.2, -0.15) is 0 Å². The molecule has 0 saturated carbocycles. The van der Waals surface area contributed by atoms with E-state index in [9.17, 15) is 9.59 Å². The number of amides is 2. The summed E-state index contributed by atoms with van der Waals surface area (Å²) < 4.78 is 7.12. The molecule has 1 aromatic heterocycles. The molecule has 3 aromatic carbocycles. The molecule has 0 saturated heterocycles. The van der Waals surface area contributed by atoms with Gasteiger partial charge in [-0.15, -0.1) is 0 Å². The number of ether oxygens (including phenoxy) is 1. The number of fused-ring (bicyclic) bond motifs is 1. The van der Waals surface area contributed by atoms with Gasteiger partial charge >= 0.3 is 0 Å². The van der Waals surface area contributed by atoms with Gasteiger partial charge in [0.1, 0.15) is 5.69 Å². The number of methoxy groups -OCH3 is 1. The molecule has 0 unspecified atom stereocenters. The number of benzene rings is 3. The van der Waals surface area contributed by atoms with E-state index in [1.54, 1.807) is 7.11 Å². The maximum absolute atomic E-state index is 13.1. The molecule has 0 bridgehead atoms. The van der Waals surface area contributed by atoms with Crippen molar-refractivity contribution in [3.8, 4) is 0 Å². The molecular formula is C30H33N3O3. The first kappa shape index (κ1) is 25.2. The number of nitrogens with one attached hydrogen (secondary N) is 2. The molecule has 4 rings (SSSR count). The van der Waals surface area contributed by atoms with E-state index in [0.29, 0.717) is 36.6 Å². The fraction of sp³-hybridized carbons (Fsp3) is 0.267. The van der Waals surface area contributed by atoms with E-state index < -0.39 is 0 Å². The van der Waals surface area contributed by atoms with Crippen molar-refractivity contribution in [2.75, 3.05) is 25.6 Å². The standard InChI is InChI=1S/C30H33N3O3/c1-19-6-7-21(3)25(14-19)18-33-27-11-10-26(32-29(34)23-9-8-20(2)22(4)15-23)16-24(27)17-28(33)30(35)31-12-13-36-5/h6-11,14-17H,12-13,18H2,1-5H3,(H,31,35)(H,32,34). The third-order valence-electron chi connectivity index (χ3n) is 6.59. The van der Waals surface area contributed by atoms with Crippen LogP contribution >= 0.6 is 0 Å². The van der Waals surface area contributed by atoms with Crippen molar-refractivity contribution in [1.29, 1.82) is 0 Å². The molecule has 0 aliphatic heterocycles. The highest BCUT2D eigenvalue weighted by Gasteiger charge is 2.17. The van der Waals surface area contributed by atoms with Gasteiger partial charge in [0, 0.05) is 42.4 Å². The van der Waals surface area contributed by atoms with Crippen molar-refractivity contribution in [2.24, 2.45) is 0 Å². The van der Waals surface area contributed by atoms with E-state index in [-0.39, 0.29) is 11.8 Å². The van der Waals surface area contributed by atoms with Crippen molar-refractivity contribution >= 4 is 28.4 Å². The smallest absolute Gasteiger partial charge is 0.268 e. The lowest BCUT2D eigenvalue weighted by Crippen LogP contribution is -2.29. The molecular weight excluding hydrogens is 450 g/mol. The highest BCUT2D eigenvalue weighted by atomic mass is 16.5. The lowest BCUT2D eigenvalue weighted by atomic mass is 10.1. The number of hydrogen-bond donors (Lipinski definition) is 2. The monoisotopic (exact) mass is 483 g/mol. The number of aryl methyl sites for hydroxylation is 4. The number of anilines is 1. The van der Waals surface area contributed by atoms with Gasteiger partial charge in [-0.3, -0.25) is 9.59 Å². The van der Waals surface area contributed by atoms with Gasteiger partial charge in [0.05, 0.1) is 6.61 Å². The minimum atomic E-state index is -0.162. The molecule has 4 aromatic rings. The Morgan fingerprint density at radius 1 is 0.833 bits per heavy atom. The van der Waals surface area contributed by atoms with Crippen LogP contribution in [0.15, 0.2) is 60.7 Å². The average molecular weight is 484 g/mol. The predicted octanol–water partition coefficient (Wildman–Crippen LogP) is 5.55. The molecule has 1 heterocycles. The topological polar surface area (TPSA) is 72.4 Å². The Morgan fingerprint density at radius 3 is 2.36 bits per heavy atom. The minimum absolute atomic E-state index is 0.158. The van der Waals surface area contributed by atoms with Crippen LogP contribution in [0.5, 0.6) is 0 Å². The van der Waals surface area contributed by atoms with Gasteiger partial charge in [-0.1, -0.05) is 29.8 Å². The molecule has 36 heavy (non-hydrogen) atoms. The fourth-order valence-electron chi connectivity index (χ4n) is 4.29. The summed E-state index contributed by atoms with van der Waals surface area (Å²) in [5.74, 6) is -0.320. The second kappa shape index (κ2) is 10.8. The first-order valence-electron chi connectivity index (χ1n) is 12.1. The first-order valence-corrected chi connectivity index (χ1v) is 12.1. The van der Waals surface area contributed by atoms with Crippen LogP contribution in [0.4, 0.5) is 5.69 Å². The maximum atomic E-state index is 13.1. The van der Waals surface area contributed by atoms with Crippen LogP contribution in [0.2, 0.25) is 0 Å². The van der Waals surface area contributed by atoms with Crippen LogP contribution in [0.3, 0.4) is 0 Å². The maximum Gasteiger partial charge on any atom is 0.268 e. The third-order valence-corrected chi connectivity index (χ3v) is 6.59. The number of carbonyl (C=O) groups is 2. The summed E-state index contributed by atoms with van der Waals surface area (Å²) in [5, 5.41) is 6.82. The molecule has 0 spiro atoms. The van der Waals surface area contributed by atoms with Gasteiger partial charge in [-0.25, -0.2) is 0 Å². The Hall–Kier alpha value is -3.90. The zero-order valence-electron chi connectivity index (χ0n) is 21.6. The summed E-state index contributed by atoms with van der Waals surface area (Å²) in [4.78, 5) is 26.0. The summed E-state index contributed by atoms with van der Waals surface area (Å²) >= 11 is 0. The second-order valence-corrected chi connectivity index (χ2v) is 9.32. The molecule has 6 nitrogen and oxygen atoms in total. The normalized spacial score (nSPS) is 11.0. The quantitative estimate of drug-likeness (QED) is 0.323. The fourth-order valence-corrected chi connectivity index (χ4v) is 4.29. The molecule has 2 amide bonds. The van der Waals surface area contributed by atoms with Crippen LogP contribution in [-0.2, 0) is 11.3 Å². The zero-order valence-corrected chi connectivity index (χ0v) is 21.6. The number of nitrogens with zero attached hydrogens (tertiary/aromatic N) is 1. The Labute approximate surface area is 212 Å². The van der Waals surface area contributed by atoms with Crippen molar-refractivity contribution in [3.63, 3.8) is 0 Å². The Bertz CT molecular complexity index is 1440. The number of aromatic nitrogens is 1. The lowest BCUT2D eigenvalue weighted by molar-refractivity contribution is 0.0928. The average Bonchev–Trinajstić information content (AvgIpc) is 3.20. The highest BCUT2D eigenvalue weighted by molar-refractivity contribution is 6.06. The van der Waals surface area contributed by atoms with Crippen molar-refractivity contribution in [1.82, 2.24) is 9.88 Å². The zero-order chi connectivity index (χ0) is 25.8. The Kier molecular flexibility index (Phi) is 7.55. The van der Waals surface area contributed by atoms with E-state index in [0.717, 1.165) is 27.6 Å². The molecule has 0 radical (unpaired) electrons. The van der Waals surface area contributed by atoms with E-state index in [4.69, 9.17) is 4.74 Å². The van der Waals surface area contributed by atoms with Crippen molar-refractivity contribution < 1.29 is 14.3 Å². The number of hydrogen-bond acceptors (Lipinski definition) is 3. The van der Waals surface area contributed by atoms with Crippen LogP contribution < -0.4 is 10.6 Å². The van der Waals surface area contributed by atoms with Crippen molar-refractivity contribution in [2.45, 2.75) is 34.2 Å². The molecule has 6 heteroatoms. The number of rotatable bonds is 8. The molecule has 0 aliphatic carbocycles. The Balaban J connectivity index is 1.69. The van der Waals surface area contributed by atoms with E-state index in [1.807, 2.05) is 60.9 Å². The molecule has 186 valence electrons. The van der Waals surface area contributed by atoms with E-state index in [1.165, 1.54) is 11.1 Å². The summed E-state index contributed by atoms with van der Waals surface area (Å²) in [6, 6.07) is 19.7. The molecule has 0 atom stereocenters. The minimum Gasteiger partial charge on any atom is -0.383 e. The third kappa shape index (κ3) is 5.50. The van der Waals surface area contributed by atoms with E-state index in [2.05, 4.69) is 42.7 Å². The molecule has 0 aliphatic rings. The van der Waals surface area contributed by atoms with Gasteiger partial charge in [0.15, 0.2) is 0 Å². The number of carbonyl (C=O) groups excluding carboxylic acids is 2. The Morgan fingerprint density at radius 2 is 1.61 bits per heavy atom. The van der Waals surface area contributed by atoms with Crippen molar-refractivity contribution in [3.05, 3.63) is 99.7 Å². The lowest BCUT2D eigenvalue weighted by Gasteiger charge is -2.14. The first-order chi connectivity index (χ1) is 17.3. The summed E-state index contributed by atoms with van der Waals surface area (Å²) in [7, 11) is 1.61. The van der Waals surface area contributed by atoms with Gasteiger partial charge in [0.25, 0.3) is 11.8 Å². The van der Waals surface area contributed by atoms with Crippen LogP contribution in [0, 0.1) is 27.7 Å². The summed E-state index contributed by atoms with van der Waals surface area (Å²) in [5.41, 5.74) is 8.52. The van der Waals surface area contributed by atoms with Crippen LogP contribution in [-0.4, -0.2) is 36.6 Å². The summed E-state index contributed by atoms with van der Waals surface area (Å²) in [6.07, 6.45) is 0. The molecule has 2 N–H and O–H groups in total. The van der Waals surface area contributed by atoms with Gasteiger partial charge in [-0.05, 0) is 86.3 Å². The molecule has 0 fully saturated rings. The van der Waals surface area contributed by atoms with Crippen LogP contribution in [0.25, 0.3) is 10.9 Å².